The first-order valence-corrected chi connectivity index (χ1v) is 7.00. The van der Waals surface area contributed by atoms with E-state index in [1.807, 2.05) is 0 Å². The highest BCUT2D eigenvalue weighted by atomic mass is 35.5. The zero-order valence-corrected chi connectivity index (χ0v) is 12.1. The van der Waals surface area contributed by atoms with Gasteiger partial charge in [0.2, 0.25) is 0 Å². The molecular formula is C14H18ClN3O2. The van der Waals surface area contributed by atoms with E-state index in [9.17, 15) is 9.59 Å². The second-order valence-electron chi connectivity index (χ2n) is 5.17. The topological polar surface area (TPSA) is 75.4 Å². The third kappa shape index (κ3) is 3.42. The first-order valence-electron chi connectivity index (χ1n) is 6.62. The summed E-state index contributed by atoms with van der Waals surface area (Å²) in [5.74, 6) is -0.525. The van der Waals surface area contributed by atoms with E-state index in [1.165, 1.54) is 6.07 Å². The molecule has 5 nitrogen and oxygen atoms in total. The fraction of sp³-hybridized carbons (Fsp3) is 0.429. The normalized spacial score (nSPS) is 16.0. The van der Waals surface area contributed by atoms with E-state index in [0.29, 0.717) is 35.4 Å². The summed E-state index contributed by atoms with van der Waals surface area (Å²) in [6.07, 6.45) is 1.87. The Morgan fingerprint density at radius 1 is 1.35 bits per heavy atom. The Balaban J connectivity index is 1.97. The Kier molecular flexibility index (Phi) is 4.49. The van der Waals surface area contributed by atoms with Crippen LogP contribution in [-0.2, 0) is 9.59 Å². The maximum atomic E-state index is 12.0. The monoisotopic (exact) mass is 295 g/mol. The molecule has 2 rings (SSSR count). The first-order chi connectivity index (χ1) is 9.47. The van der Waals surface area contributed by atoms with Crippen LogP contribution < -0.4 is 11.1 Å². The SMILES string of the molecule is CC1CCN(C(=O)C(=O)Nc2ccc(N)c(Cl)c2)CC1. The predicted octanol–water partition coefficient (Wildman–Crippen LogP) is 2.12. The molecule has 1 aromatic carbocycles. The molecule has 108 valence electrons. The van der Waals surface area contributed by atoms with Gasteiger partial charge >= 0.3 is 11.8 Å². The molecule has 6 heteroatoms. The van der Waals surface area contributed by atoms with Gasteiger partial charge in [0.25, 0.3) is 0 Å². The molecule has 1 fully saturated rings. The van der Waals surface area contributed by atoms with Gasteiger partial charge in [-0.2, -0.15) is 0 Å². The summed E-state index contributed by atoms with van der Waals surface area (Å²) < 4.78 is 0. The maximum absolute atomic E-state index is 12.0. The lowest BCUT2D eigenvalue weighted by molar-refractivity contribution is -0.144. The molecule has 1 aliphatic heterocycles. The molecule has 0 spiro atoms. The zero-order valence-electron chi connectivity index (χ0n) is 11.4. The molecule has 20 heavy (non-hydrogen) atoms. The molecule has 0 saturated carbocycles. The van der Waals surface area contributed by atoms with E-state index in [-0.39, 0.29) is 0 Å². The number of nitrogens with one attached hydrogen (secondary N) is 1. The molecule has 1 aromatic rings. The van der Waals surface area contributed by atoms with Crippen LogP contribution in [-0.4, -0.2) is 29.8 Å². The summed E-state index contributed by atoms with van der Waals surface area (Å²) in [6.45, 7) is 3.42. The van der Waals surface area contributed by atoms with Gasteiger partial charge in [-0.15, -0.1) is 0 Å². The van der Waals surface area contributed by atoms with Crippen molar-refractivity contribution in [3.05, 3.63) is 23.2 Å². The van der Waals surface area contributed by atoms with Crippen LogP contribution >= 0.6 is 11.6 Å². The van der Waals surface area contributed by atoms with Crippen LogP contribution in [0.3, 0.4) is 0 Å². The summed E-state index contributed by atoms with van der Waals surface area (Å²) >= 11 is 5.87. The number of hydrogen-bond donors (Lipinski definition) is 2. The highest BCUT2D eigenvalue weighted by Gasteiger charge is 2.25. The minimum atomic E-state index is -0.639. The number of nitrogen functional groups attached to an aromatic ring is 1. The minimum absolute atomic E-state index is 0.349. The lowest BCUT2D eigenvalue weighted by atomic mass is 9.99. The molecule has 0 atom stereocenters. The number of amides is 2. The highest BCUT2D eigenvalue weighted by molar-refractivity contribution is 6.40. The van der Waals surface area contributed by atoms with Gasteiger partial charge in [0, 0.05) is 18.8 Å². The van der Waals surface area contributed by atoms with E-state index in [2.05, 4.69) is 12.2 Å². The van der Waals surface area contributed by atoms with Gasteiger partial charge in [0.15, 0.2) is 0 Å². The quantitative estimate of drug-likeness (QED) is 0.615. The van der Waals surface area contributed by atoms with Crippen LogP contribution in [0.4, 0.5) is 11.4 Å². The predicted molar refractivity (Wildman–Crippen MR) is 79.5 cm³/mol. The molecule has 0 aliphatic carbocycles. The average Bonchev–Trinajstić information content (AvgIpc) is 2.43. The highest BCUT2D eigenvalue weighted by Crippen LogP contribution is 2.23. The van der Waals surface area contributed by atoms with Crippen LogP contribution in [0, 0.1) is 5.92 Å². The first kappa shape index (κ1) is 14.7. The Bertz CT molecular complexity index is 525. The van der Waals surface area contributed by atoms with Crippen molar-refractivity contribution >= 4 is 34.8 Å². The minimum Gasteiger partial charge on any atom is -0.398 e. The molecule has 2 amide bonds. The van der Waals surface area contributed by atoms with Gasteiger partial charge in [-0.3, -0.25) is 9.59 Å². The summed E-state index contributed by atoms with van der Waals surface area (Å²) in [6, 6.07) is 4.73. The lowest BCUT2D eigenvalue weighted by Gasteiger charge is -2.29. The summed E-state index contributed by atoms with van der Waals surface area (Å²) in [5.41, 5.74) is 6.49. The van der Waals surface area contributed by atoms with Gasteiger partial charge in [-0.25, -0.2) is 0 Å². The van der Waals surface area contributed by atoms with Crippen LogP contribution in [0.5, 0.6) is 0 Å². The van der Waals surface area contributed by atoms with E-state index < -0.39 is 11.8 Å². The molecule has 1 saturated heterocycles. The van der Waals surface area contributed by atoms with E-state index in [1.54, 1.807) is 17.0 Å². The second kappa shape index (κ2) is 6.13. The number of hydrogen-bond acceptors (Lipinski definition) is 3. The number of benzene rings is 1. The van der Waals surface area contributed by atoms with E-state index in [0.717, 1.165) is 12.8 Å². The lowest BCUT2D eigenvalue weighted by Crippen LogP contribution is -2.43. The van der Waals surface area contributed by atoms with Gasteiger partial charge in [-0.05, 0) is 37.0 Å². The number of halogens is 1. The van der Waals surface area contributed by atoms with Gasteiger partial charge in [0.05, 0.1) is 10.7 Å². The molecule has 0 bridgehead atoms. The van der Waals surface area contributed by atoms with Gasteiger partial charge in [-0.1, -0.05) is 18.5 Å². The summed E-state index contributed by atoms with van der Waals surface area (Å²) in [7, 11) is 0. The molecule has 1 aliphatic rings. The standard InChI is InChI=1S/C14H18ClN3O2/c1-9-4-6-18(7-5-9)14(20)13(19)17-10-2-3-12(16)11(15)8-10/h2-3,8-9H,4-7,16H2,1H3,(H,17,19). The molecule has 0 unspecified atom stereocenters. The van der Waals surface area contributed by atoms with Crippen LogP contribution in [0.2, 0.25) is 5.02 Å². The van der Waals surface area contributed by atoms with Crippen LogP contribution in [0.15, 0.2) is 18.2 Å². The van der Waals surface area contributed by atoms with Crippen molar-refractivity contribution in [2.45, 2.75) is 19.8 Å². The fourth-order valence-electron chi connectivity index (χ4n) is 2.14. The third-order valence-corrected chi connectivity index (χ3v) is 3.85. The number of carbonyl (C=O) groups is 2. The summed E-state index contributed by atoms with van der Waals surface area (Å²) in [4.78, 5) is 25.5. The molecule has 0 radical (unpaired) electrons. The van der Waals surface area contributed by atoms with Crippen molar-refractivity contribution in [2.24, 2.45) is 5.92 Å². The van der Waals surface area contributed by atoms with Crippen molar-refractivity contribution in [1.82, 2.24) is 4.90 Å². The Hall–Kier alpha value is -1.75. The van der Waals surface area contributed by atoms with Crippen molar-refractivity contribution < 1.29 is 9.59 Å². The molecule has 1 heterocycles. The van der Waals surface area contributed by atoms with Crippen molar-refractivity contribution in [1.29, 1.82) is 0 Å². The number of rotatable bonds is 1. The number of piperidine rings is 1. The Morgan fingerprint density at radius 3 is 2.60 bits per heavy atom. The van der Waals surface area contributed by atoms with E-state index >= 15 is 0 Å². The van der Waals surface area contributed by atoms with Crippen LogP contribution in [0.25, 0.3) is 0 Å². The zero-order chi connectivity index (χ0) is 14.7. The number of likely N-dealkylation sites (tertiary alicyclic amines) is 1. The Labute approximate surface area is 123 Å². The van der Waals surface area contributed by atoms with Crippen molar-refractivity contribution in [2.75, 3.05) is 24.1 Å². The number of anilines is 2. The largest absolute Gasteiger partial charge is 0.398 e. The average molecular weight is 296 g/mol. The van der Waals surface area contributed by atoms with E-state index in [4.69, 9.17) is 17.3 Å². The Morgan fingerprint density at radius 2 is 2.00 bits per heavy atom. The molecule has 0 aromatic heterocycles. The van der Waals surface area contributed by atoms with Gasteiger partial charge in [0.1, 0.15) is 0 Å². The number of nitrogens with two attached hydrogens (primary N) is 1. The number of carbonyl (C=O) groups excluding carboxylic acids is 2. The number of nitrogens with zero attached hydrogens (tertiary/aromatic N) is 1. The van der Waals surface area contributed by atoms with Crippen molar-refractivity contribution in [3.8, 4) is 0 Å². The second-order valence-corrected chi connectivity index (χ2v) is 5.57. The van der Waals surface area contributed by atoms with Crippen molar-refractivity contribution in [3.63, 3.8) is 0 Å². The summed E-state index contributed by atoms with van der Waals surface area (Å²) in [5, 5.41) is 2.90. The van der Waals surface area contributed by atoms with Gasteiger partial charge < -0.3 is 16.0 Å². The maximum Gasteiger partial charge on any atom is 0.313 e. The molecular weight excluding hydrogens is 278 g/mol. The third-order valence-electron chi connectivity index (χ3n) is 3.52. The van der Waals surface area contributed by atoms with Crippen LogP contribution in [0.1, 0.15) is 19.8 Å². The smallest absolute Gasteiger partial charge is 0.313 e. The fourth-order valence-corrected chi connectivity index (χ4v) is 2.33. The molecule has 3 N–H and O–H groups in total.